The minimum absolute atomic E-state index is 0.0238. The number of carboxylic acid groups (broad SMARTS) is 1. The Morgan fingerprint density at radius 1 is 1.50 bits per heavy atom. The first-order valence-electron chi connectivity index (χ1n) is 5.26. The van der Waals surface area contributed by atoms with Crippen LogP contribution in [0.5, 0.6) is 0 Å². The summed E-state index contributed by atoms with van der Waals surface area (Å²) < 4.78 is 1.82. The van der Waals surface area contributed by atoms with Crippen LogP contribution in [0.25, 0.3) is 0 Å². The van der Waals surface area contributed by atoms with Crippen LogP contribution in [0, 0.1) is 5.92 Å². The van der Waals surface area contributed by atoms with Gasteiger partial charge in [0.25, 0.3) is 0 Å². The molecule has 1 aromatic rings. The summed E-state index contributed by atoms with van der Waals surface area (Å²) in [5, 5.41) is 19.8. The zero-order valence-corrected chi connectivity index (χ0v) is 10.0. The second kappa shape index (κ2) is 5.07. The fourth-order valence-corrected chi connectivity index (χ4v) is 1.51. The molecule has 16 heavy (non-hydrogen) atoms. The van der Waals surface area contributed by atoms with Gasteiger partial charge in [0.15, 0.2) is 0 Å². The molecule has 3 atom stereocenters. The van der Waals surface area contributed by atoms with E-state index in [2.05, 4.69) is 15.5 Å². The van der Waals surface area contributed by atoms with Crippen molar-refractivity contribution in [2.24, 2.45) is 13.0 Å². The molecule has 0 fully saturated rings. The van der Waals surface area contributed by atoms with Gasteiger partial charge in [-0.25, -0.2) is 0 Å². The lowest BCUT2D eigenvalue weighted by molar-refractivity contribution is -0.142. The first-order valence-corrected chi connectivity index (χ1v) is 5.26. The number of aryl methyl sites for hydroxylation is 1. The predicted octanol–water partition coefficient (Wildman–Crippen LogP) is 0.575. The van der Waals surface area contributed by atoms with Crippen LogP contribution < -0.4 is 5.32 Å². The van der Waals surface area contributed by atoms with E-state index in [-0.39, 0.29) is 12.1 Å². The van der Waals surface area contributed by atoms with Gasteiger partial charge in [-0.3, -0.25) is 4.79 Å². The van der Waals surface area contributed by atoms with Crippen molar-refractivity contribution in [1.82, 2.24) is 20.1 Å². The van der Waals surface area contributed by atoms with E-state index in [9.17, 15) is 4.79 Å². The van der Waals surface area contributed by atoms with Crippen molar-refractivity contribution in [3.05, 3.63) is 12.2 Å². The molecule has 0 spiro atoms. The number of aromatic nitrogens is 3. The molecule has 0 aromatic carbocycles. The topological polar surface area (TPSA) is 80.0 Å². The fraction of sp³-hybridized carbons (Fsp3) is 0.700. The molecule has 90 valence electrons. The van der Waals surface area contributed by atoms with Crippen molar-refractivity contribution in [2.45, 2.75) is 32.9 Å². The Bertz CT molecular complexity index is 363. The number of hydrogen-bond donors (Lipinski definition) is 2. The number of nitrogens with one attached hydrogen (secondary N) is 1. The van der Waals surface area contributed by atoms with Crippen molar-refractivity contribution in [3.63, 3.8) is 0 Å². The smallest absolute Gasteiger partial charge is 0.307 e. The average Bonchev–Trinajstić information content (AvgIpc) is 2.62. The highest BCUT2D eigenvalue weighted by molar-refractivity contribution is 5.70. The van der Waals surface area contributed by atoms with E-state index in [1.165, 1.54) is 0 Å². The van der Waals surface area contributed by atoms with Gasteiger partial charge < -0.3 is 15.0 Å². The number of hydrogen-bond acceptors (Lipinski definition) is 4. The summed E-state index contributed by atoms with van der Waals surface area (Å²) in [5.74, 6) is -0.440. The van der Waals surface area contributed by atoms with Crippen LogP contribution in [0.2, 0.25) is 0 Å². The summed E-state index contributed by atoms with van der Waals surface area (Å²) >= 11 is 0. The molecule has 0 aliphatic carbocycles. The molecule has 1 heterocycles. The summed E-state index contributed by atoms with van der Waals surface area (Å²) in [5.41, 5.74) is 0. The zero-order valence-electron chi connectivity index (χ0n) is 10.0. The van der Waals surface area contributed by atoms with Crippen LogP contribution in [0.15, 0.2) is 6.33 Å². The Kier molecular flexibility index (Phi) is 4.00. The van der Waals surface area contributed by atoms with Gasteiger partial charge in [-0.05, 0) is 13.8 Å². The maximum absolute atomic E-state index is 10.8. The molecule has 0 saturated heterocycles. The first-order chi connectivity index (χ1) is 7.43. The van der Waals surface area contributed by atoms with Crippen LogP contribution in [-0.4, -0.2) is 31.9 Å². The molecule has 6 heteroatoms. The number of nitrogens with zero attached hydrogens (tertiary/aromatic N) is 3. The molecule has 0 radical (unpaired) electrons. The van der Waals surface area contributed by atoms with Crippen LogP contribution in [0.4, 0.5) is 0 Å². The molecule has 1 aromatic heterocycles. The minimum Gasteiger partial charge on any atom is -0.481 e. The Balaban J connectivity index is 2.61. The van der Waals surface area contributed by atoms with E-state index in [0.29, 0.717) is 0 Å². The standard InChI is InChI=1S/C10H18N4O2/c1-6(10(15)16)7(2)12-8(3)9-13-11-5-14(9)4/h5-8,12H,1-4H3,(H,15,16). The molecule has 2 N–H and O–H groups in total. The summed E-state index contributed by atoms with van der Waals surface area (Å²) in [7, 11) is 1.86. The monoisotopic (exact) mass is 226 g/mol. The summed E-state index contributed by atoms with van der Waals surface area (Å²) in [4.78, 5) is 10.8. The van der Waals surface area contributed by atoms with Crippen molar-refractivity contribution in [1.29, 1.82) is 0 Å². The van der Waals surface area contributed by atoms with Gasteiger partial charge in [-0.1, -0.05) is 6.92 Å². The lowest BCUT2D eigenvalue weighted by Crippen LogP contribution is -2.38. The van der Waals surface area contributed by atoms with Gasteiger partial charge in [0.1, 0.15) is 12.2 Å². The van der Waals surface area contributed by atoms with E-state index >= 15 is 0 Å². The van der Waals surface area contributed by atoms with Crippen LogP contribution in [-0.2, 0) is 11.8 Å². The molecule has 1 rings (SSSR count). The Labute approximate surface area is 94.7 Å². The maximum Gasteiger partial charge on any atom is 0.307 e. The largest absolute Gasteiger partial charge is 0.481 e. The molecule has 0 aliphatic rings. The Morgan fingerprint density at radius 2 is 2.12 bits per heavy atom. The number of rotatable bonds is 5. The summed E-state index contributed by atoms with van der Waals surface area (Å²) in [6.45, 7) is 5.48. The molecular weight excluding hydrogens is 208 g/mol. The minimum atomic E-state index is -0.801. The first kappa shape index (κ1) is 12.6. The van der Waals surface area contributed by atoms with Gasteiger partial charge in [-0.2, -0.15) is 0 Å². The van der Waals surface area contributed by atoms with E-state index in [0.717, 1.165) is 5.82 Å². The number of aliphatic carboxylic acids is 1. The molecule has 0 aliphatic heterocycles. The van der Waals surface area contributed by atoms with Crippen molar-refractivity contribution in [2.75, 3.05) is 0 Å². The van der Waals surface area contributed by atoms with Crippen LogP contribution in [0.1, 0.15) is 32.6 Å². The lowest BCUT2D eigenvalue weighted by atomic mass is 10.0. The fourth-order valence-electron chi connectivity index (χ4n) is 1.51. The average molecular weight is 226 g/mol. The van der Waals surface area contributed by atoms with Crippen LogP contribution in [0.3, 0.4) is 0 Å². The third-order valence-electron chi connectivity index (χ3n) is 2.79. The van der Waals surface area contributed by atoms with Gasteiger partial charge in [-0.15, -0.1) is 10.2 Å². The second-order valence-corrected chi connectivity index (χ2v) is 4.10. The van der Waals surface area contributed by atoms with E-state index in [1.807, 2.05) is 25.5 Å². The van der Waals surface area contributed by atoms with E-state index in [1.54, 1.807) is 13.3 Å². The molecule has 0 amide bonds. The summed E-state index contributed by atoms with van der Waals surface area (Å²) in [6, 6.07) is -0.145. The predicted molar refractivity (Wildman–Crippen MR) is 58.8 cm³/mol. The highest BCUT2D eigenvalue weighted by Crippen LogP contribution is 2.11. The SMILES string of the molecule is CC(NC(C)C(C)C(=O)O)c1nncn1C. The molecule has 0 saturated carbocycles. The molecule has 0 bridgehead atoms. The van der Waals surface area contributed by atoms with E-state index < -0.39 is 11.9 Å². The van der Waals surface area contributed by atoms with Crippen molar-refractivity contribution in [3.8, 4) is 0 Å². The summed E-state index contributed by atoms with van der Waals surface area (Å²) in [6.07, 6.45) is 1.62. The van der Waals surface area contributed by atoms with Crippen LogP contribution >= 0.6 is 0 Å². The second-order valence-electron chi connectivity index (χ2n) is 4.10. The third kappa shape index (κ3) is 2.79. The highest BCUT2D eigenvalue weighted by atomic mass is 16.4. The Hall–Kier alpha value is -1.43. The van der Waals surface area contributed by atoms with Gasteiger partial charge in [0.2, 0.25) is 0 Å². The van der Waals surface area contributed by atoms with Gasteiger partial charge >= 0.3 is 5.97 Å². The van der Waals surface area contributed by atoms with E-state index in [4.69, 9.17) is 5.11 Å². The number of carbonyl (C=O) groups is 1. The zero-order chi connectivity index (χ0) is 12.3. The number of carboxylic acids is 1. The quantitative estimate of drug-likeness (QED) is 0.767. The molecular formula is C10H18N4O2. The molecule has 6 nitrogen and oxygen atoms in total. The lowest BCUT2D eigenvalue weighted by Gasteiger charge is -2.22. The maximum atomic E-state index is 10.8. The highest BCUT2D eigenvalue weighted by Gasteiger charge is 2.22. The third-order valence-corrected chi connectivity index (χ3v) is 2.79. The van der Waals surface area contributed by atoms with Gasteiger partial charge in [0, 0.05) is 13.1 Å². The molecule has 3 unspecified atom stereocenters. The van der Waals surface area contributed by atoms with Crippen molar-refractivity contribution >= 4 is 5.97 Å². The normalized spacial score (nSPS) is 16.8. The Morgan fingerprint density at radius 3 is 2.56 bits per heavy atom. The van der Waals surface area contributed by atoms with Crippen molar-refractivity contribution < 1.29 is 9.90 Å². The van der Waals surface area contributed by atoms with Gasteiger partial charge in [0.05, 0.1) is 12.0 Å².